The predicted molar refractivity (Wildman–Crippen MR) is 76.2 cm³/mol. The maximum Gasteiger partial charge on any atom is 0.239 e. The van der Waals surface area contributed by atoms with Crippen LogP contribution >= 0.6 is 0 Å². The molecule has 3 nitrogen and oxygen atoms in total. The summed E-state index contributed by atoms with van der Waals surface area (Å²) in [6.07, 6.45) is 5.59. The Labute approximate surface area is 112 Å². The Hall–Kier alpha value is -0.570. The molecule has 1 rings (SSSR count). The van der Waals surface area contributed by atoms with Crippen molar-refractivity contribution in [2.24, 2.45) is 17.1 Å². The van der Waals surface area contributed by atoms with E-state index < -0.39 is 0 Å². The molecule has 18 heavy (non-hydrogen) atoms. The monoisotopic (exact) mass is 254 g/mol. The molecule has 0 aromatic rings. The van der Waals surface area contributed by atoms with Crippen molar-refractivity contribution in [3.05, 3.63) is 0 Å². The van der Waals surface area contributed by atoms with E-state index in [1.807, 2.05) is 11.9 Å². The topological polar surface area (TPSA) is 46.3 Å². The quantitative estimate of drug-likeness (QED) is 0.838. The second-order valence-corrected chi connectivity index (χ2v) is 6.76. The van der Waals surface area contributed by atoms with Gasteiger partial charge in [-0.05, 0) is 37.0 Å². The van der Waals surface area contributed by atoms with E-state index in [1.165, 1.54) is 12.8 Å². The zero-order chi connectivity index (χ0) is 13.9. The number of likely N-dealkylation sites (N-methyl/N-ethyl adjacent to an activating group) is 1. The number of nitrogens with zero attached hydrogens (tertiary/aromatic N) is 1. The van der Waals surface area contributed by atoms with Crippen molar-refractivity contribution in [2.75, 3.05) is 7.05 Å². The van der Waals surface area contributed by atoms with Crippen LogP contribution in [0.1, 0.15) is 59.8 Å². The number of carbonyl (C=O) groups is 1. The molecule has 1 aliphatic rings. The summed E-state index contributed by atoms with van der Waals surface area (Å²) < 4.78 is 0. The Bertz CT molecular complexity index is 278. The van der Waals surface area contributed by atoms with Crippen LogP contribution < -0.4 is 5.73 Å². The summed E-state index contributed by atoms with van der Waals surface area (Å²) in [4.78, 5) is 14.2. The first-order chi connectivity index (χ1) is 8.28. The molecule has 0 aromatic heterocycles. The van der Waals surface area contributed by atoms with E-state index in [1.54, 1.807) is 0 Å². The van der Waals surface area contributed by atoms with Crippen LogP contribution in [-0.2, 0) is 4.79 Å². The van der Waals surface area contributed by atoms with Gasteiger partial charge in [0, 0.05) is 13.1 Å². The molecule has 3 heteroatoms. The third-order valence-corrected chi connectivity index (χ3v) is 4.75. The van der Waals surface area contributed by atoms with Crippen LogP contribution in [0, 0.1) is 11.3 Å². The SMILES string of the molecule is CCC(C)C(N)C(=O)N(C)C1CCC(C)(C)CC1. The van der Waals surface area contributed by atoms with Crippen LogP contribution in [0.5, 0.6) is 0 Å². The fourth-order valence-electron chi connectivity index (χ4n) is 2.68. The molecule has 2 N–H and O–H groups in total. The van der Waals surface area contributed by atoms with Gasteiger partial charge in [-0.2, -0.15) is 0 Å². The van der Waals surface area contributed by atoms with Gasteiger partial charge in [-0.15, -0.1) is 0 Å². The van der Waals surface area contributed by atoms with Crippen molar-refractivity contribution < 1.29 is 4.79 Å². The van der Waals surface area contributed by atoms with E-state index in [4.69, 9.17) is 5.73 Å². The fraction of sp³-hybridized carbons (Fsp3) is 0.933. The zero-order valence-corrected chi connectivity index (χ0v) is 12.7. The minimum absolute atomic E-state index is 0.119. The highest BCUT2D eigenvalue weighted by Gasteiger charge is 2.32. The maximum atomic E-state index is 12.3. The van der Waals surface area contributed by atoms with Gasteiger partial charge in [0.15, 0.2) is 0 Å². The molecule has 0 aromatic carbocycles. The second kappa shape index (κ2) is 6.05. The predicted octanol–water partition coefficient (Wildman–Crippen LogP) is 2.79. The first-order valence-electron chi connectivity index (χ1n) is 7.30. The Morgan fingerprint density at radius 3 is 2.33 bits per heavy atom. The number of hydrogen-bond acceptors (Lipinski definition) is 2. The highest BCUT2D eigenvalue weighted by Crippen LogP contribution is 2.36. The van der Waals surface area contributed by atoms with Crippen molar-refractivity contribution in [1.82, 2.24) is 4.90 Å². The third-order valence-electron chi connectivity index (χ3n) is 4.75. The van der Waals surface area contributed by atoms with E-state index in [9.17, 15) is 4.79 Å². The van der Waals surface area contributed by atoms with Crippen LogP contribution in [-0.4, -0.2) is 29.9 Å². The normalized spacial score (nSPS) is 23.4. The van der Waals surface area contributed by atoms with E-state index in [2.05, 4.69) is 27.7 Å². The smallest absolute Gasteiger partial charge is 0.239 e. The van der Waals surface area contributed by atoms with Crippen LogP contribution in [0.4, 0.5) is 0 Å². The largest absolute Gasteiger partial charge is 0.341 e. The summed E-state index contributed by atoms with van der Waals surface area (Å²) in [6, 6.07) is 0.0515. The maximum absolute atomic E-state index is 12.3. The Kier molecular flexibility index (Phi) is 5.20. The molecular weight excluding hydrogens is 224 g/mol. The third kappa shape index (κ3) is 3.71. The van der Waals surface area contributed by atoms with E-state index in [0.717, 1.165) is 19.3 Å². The molecule has 1 amide bonds. The molecular formula is C15H30N2O. The van der Waals surface area contributed by atoms with Gasteiger partial charge < -0.3 is 10.6 Å². The highest BCUT2D eigenvalue weighted by atomic mass is 16.2. The number of carbonyl (C=O) groups excluding carboxylic acids is 1. The molecule has 0 heterocycles. The van der Waals surface area contributed by atoms with Crippen LogP contribution in [0.15, 0.2) is 0 Å². The minimum Gasteiger partial charge on any atom is -0.341 e. The average molecular weight is 254 g/mol. The summed E-state index contributed by atoms with van der Waals surface area (Å²) in [7, 11) is 1.92. The minimum atomic E-state index is -0.338. The summed E-state index contributed by atoms with van der Waals surface area (Å²) in [5.41, 5.74) is 6.48. The molecule has 0 bridgehead atoms. The molecule has 2 atom stereocenters. The van der Waals surface area contributed by atoms with Gasteiger partial charge in [0.2, 0.25) is 5.91 Å². The van der Waals surface area contributed by atoms with E-state index in [-0.39, 0.29) is 17.9 Å². The van der Waals surface area contributed by atoms with Gasteiger partial charge in [0.25, 0.3) is 0 Å². The van der Waals surface area contributed by atoms with Crippen molar-refractivity contribution in [3.8, 4) is 0 Å². The number of hydrogen-bond donors (Lipinski definition) is 1. The molecule has 0 aliphatic heterocycles. The molecule has 2 unspecified atom stereocenters. The molecule has 106 valence electrons. The van der Waals surface area contributed by atoms with Crippen LogP contribution in [0.3, 0.4) is 0 Å². The Balaban J connectivity index is 2.55. The lowest BCUT2D eigenvalue weighted by molar-refractivity contribution is -0.135. The number of rotatable bonds is 4. The van der Waals surface area contributed by atoms with E-state index >= 15 is 0 Å². The molecule has 1 aliphatic carbocycles. The fourth-order valence-corrected chi connectivity index (χ4v) is 2.68. The molecule has 1 saturated carbocycles. The van der Waals surface area contributed by atoms with Gasteiger partial charge in [-0.25, -0.2) is 0 Å². The van der Waals surface area contributed by atoms with Crippen molar-refractivity contribution in [3.63, 3.8) is 0 Å². The zero-order valence-electron chi connectivity index (χ0n) is 12.7. The standard InChI is InChI=1S/C15H30N2O/c1-6-11(2)13(16)14(18)17(5)12-7-9-15(3,4)10-8-12/h11-13H,6-10,16H2,1-5H3. The Morgan fingerprint density at radius 2 is 1.89 bits per heavy atom. The van der Waals surface area contributed by atoms with Crippen LogP contribution in [0.25, 0.3) is 0 Å². The number of nitrogens with two attached hydrogens (primary N) is 1. The summed E-state index contributed by atoms with van der Waals surface area (Å²) in [5, 5.41) is 0. The van der Waals surface area contributed by atoms with Gasteiger partial charge >= 0.3 is 0 Å². The average Bonchev–Trinajstić information content (AvgIpc) is 2.35. The summed E-state index contributed by atoms with van der Waals surface area (Å²) in [5.74, 6) is 0.383. The van der Waals surface area contributed by atoms with E-state index in [0.29, 0.717) is 11.5 Å². The molecule has 0 spiro atoms. The Morgan fingerprint density at radius 1 is 1.39 bits per heavy atom. The highest BCUT2D eigenvalue weighted by molar-refractivity contribution is 5.82. The lowest BCUT2D eigenvalue weighted by Crippen LogP contribution is -2.50. The molecule has 0 saturated heterocycles. The van der Waals surface area contributed by atoms with Crippen molar-refractivity contribution in [1.29, 1.82) is 0 Å². The number of amides is 1. The van der Waals surface area contributed by atoms with Gasteiger partial charge in [-0.3, -0.25) is 4.79 Å². The summed E-state index contributed by atoms with van der Waals surface area (Å²) >= 11 is 0. The molecule has 1 fully saturated rings. The first-order valence-corrected chi connectivity index (χ1v) is 7.30. The van der Waals surface area contributed by atoms with Gasteiger partial charge in [0.1, 0.15) is 0 Å². The second-order valence-electron chi connectivity index (χ2n) is 6.76. The van der Waals surface area contributed by atoms with Crippen molar-refractivity contribution in [2.45, 2.75) is 71.9 Å². The van der Waals surface area contributed by atoms with Gasteiger partial charge in [0.05, 0.1) is 6.04 Å². The first kappa shape index (κ1) is 15.5. The van der Waals surface area contributed by atoms with Gasteiger partial charge in [-0.1, -0.05) is 34.1 Å². The van der Waals surface area contributed by atoms with Crippen LogP contribution in [0.2, 0.25) is 0 Å². The van der Waals surface area contributed by atoms with Crippen molar-refractivity contribution >= 4 is 5.91 Å². The summed E-state index contributed by atoms with van der Waals surface area (Å²) in [6.45, 7) is 8.77. The molecule has 0 radical (unpaired) electrons. The lowest BCUT2D eigenvalue weighted by Gasteiger charge is -2.39. The lowest BCUT2D eigenvalue weighted by atomic mass is 9.75.